The summed E-state index contributed by atoms with van der Waals surface area (Å²) < 4.78 is 28.1. The third kappa shape index (κ3) is 2.56. The van der Waals surface area contributed by atoms with E-state index in [-0.39, 0.29) is 6.04 Å². The van der Waals surface area contributed by atoms with Crippen molar-refractivity contribution in [2.45, 2.75) is 30.2 Å². The minimum atomic E-state index is -3.51. The van der Waals surface area contributed by atoms with Crippen molar-refractivity contribution >= 4 is 20.9 Å². The molecule has 0 fully saturated rings. The summed E-state index contributed by atoms with van der Waals surface area (Å²) in [6, 6.07) is 16.5. The van der Waals surface area contributed by atoms with E-state index in [1.807, 2.05) is 24.3 Å². The Labute approximate surface area is 135 Å². The first-order valence-corrected chi connectivity index (χ1v) is 9.30. The Kier molecular flexibility index (Phi) is 3.47. The first kappa shape index (κ1) is 14.5. The van der Waals surface area contributed by atoms with E-state index < -0.39 is 10.0 Å². The van der Waals surface area contributed by atoms with Gasteiger partial charge in [-0.1, -0.05) is 36.4 Å². The summed E-state index contributed by atoms with van der Waals surface area (Å²) in [5, 5.41) is 1.20. The first-order chi connectivity index (χ1) is 11.1. The molecule has 0 amide bonds. The average Bonchev–Trinajstić information content (AvgIpc) is 2.95. The largest absolute Gasteiger partial charge is 0.357 e. The topological polar surface area (TPSA) is 62.0 Å². The van der Waals surface area contributed by atoms with Crippen LogP contribution >= 0.6 is 0 Å². The Morgan fingerprint density at radius 2 is 1.74 bits per heavy atom. The van der Waals surface area contributed by atoms with Crippen LogP contribution in [-0.4, -0.2) is 13.4 Å². The number of aromatic amines is 1. The lowest BCUT2D eigenvalue weighted by atomic mass is 9.92. The van der Waals surface area contributed by atoms with E-state index in [0.717, 1.165) is 30.5 Å². The minimum absolute atomic E-state index is 0.198. The Bertz CT molecular complexity index is 946. The highest BCUT2D eigenvalue weighted by molar-refractivity contribution is 7.89. The molecule has 0 spiro atoms. The van der Waals surface area contributed by atoms with Gasteiger partial charge in [-0.3, -0.25) is 0 Å². The lowest BCUT2D eigenvalue weighted by molar-refractivity contribution is 0.501. The predicted octanol–water partition coefficient (Wildman–Crippen LogP) is 3.52. The standard InChI is InChI=1S/C18H18N2O2S/c21-23(22,13-7-2-1-3-8-13)20-17-12-6-10-15-14-9-4-5-11-16(14)19-18(15)17/h1-5,7-9,11,17,19-20H,6,10,12H2. The molecular formula is C18H18N2O2S. The molecule has 4 nitrogen and oxygen atoms in total. The number of rotatable bonds is 3. The second-order valence-electron chi connectivity index (χ2n) is 5.94. The summed E-state index contributed by atoms with van der Waals surface area (Å²) in [7, 11) is -3.51. The van der Waals surface area contributed by atoms with Gasteiger partial charge in [0.1, 0.15) is 0 Å². The molecule has 1 atom stereocenters. The van der Waals surface area contributed by atoms with Crippen LogP contribution in [0.3, 0.4) is 0 Å². The van der Waals surface area contributed by atoms with Gasteiger partial charge < -0.3 is 4.98 Å². The maximum absolute atomic E-state index is 12.6. The van der Waals surface area contributed by atoms with Crippen LogP contribution in [0.5, 0.6) is 0 Å². The van der Waals surface area contributed by atoms with Crippen molar-refractivity contribution in [3.63, 3.8) is 0 Å². The molecule has 0 aliphatic heterocycles. The van der Waals surface area contributed by atoms with Crippen LogP contribution in [0, 0.1) is 0 Å². The SMILES string of the molecule is O=S(=O)(NC1CCCc2c1[nH]c1ccccc21)c1ccccc1. The molecule has 4 rings (SSSR count). The lowest BCUT2D eigenvalue weighted by Gasteiger charge is -2.23. The number of fused-ring (bicyclic) bond motifs is 3. The highest BCUT2D eigenvalue weighted by Crippen LogP contribution is 2.35. The van der Waals surface area contributed by atoms with Crippen molar-refractivity contribution in [3.8, 4) is 0 Å². The lowest BCUT2D eigenvalue weighted by Crippen LogP contribution is -2.31. The molecular weight excluding hydrogens is 308 g/mol. The third-order valence-electron chi connectivity index (χ3n) is 4.47. The van der Waals surface area contributed by atoms with Gasteiger partial charge in [-0.2, -0.15) is 0 Å². The number of para-hydroxylation sites is 1. The van der Waals surface area contributed by atoms with Gasteiger partial charge in [0.05, 0.1) is 10.9 Å². The molecule has 5 heteroatoms. The number of H-pyrrole nitrogens is 1. The van der Waals surface area contributed by atoms with Gasteiger partial charge in [-0.25, -0.2) is 13.1 Å². The second kappa shape index (κ2) is 5.51. The van der Waals surface area contributed by atoms with Crippen molar-refractivity contribution in [2.75, 3.05) is 0 Å². The zero-order chi connectivity index (χ0) is 15.9. The number of nitrogens with one attached hydrogen (secondary N) is 2. The van der Waals surface area contributed by atoms with Crippen LogP contribution in [0.25, 0.3) is 10.9 Å². The number of hydrogen-bond acceptors (Lipinski definition) is 2. The Morgan fingerprint density at radius 1 is 1.00 bits per heavy atom. The molecule has 1 heterocycles. The van der Waals surface area contributed by atoms with Gasteiger partial charge in [0, 0.05) is 16.6 Å². The fourth-order valence-corrected chi connectivity index (χ4v) is 4.65. The summed E-state index contributed by atoms with van der Waals surface area (Å²) in [5.41, 5.74) is 3.33. The third-order valence-corrected chi connectivity index (χ3v) is 5.95. The predicted molar refractivity (Wildman–Crippen MR) is 90.7 cm³/mol. The van der Waals surface area contributed by atoms with Gasteiger partial charge in [0.25, 0.3) is 0 Å². The van der Waals surface area contributed by atoms with E-state index in [2.05, 4.69) is 15.8 Å². The maximum atomic E-state index is 12.6. The molecule has 0 saturated heterocycles. The summed E-state index contributed by atoms with van der Waals surface area (Å²) in [6.45, 7) is 0. The number of hydrogen-bond donors (Lipinski definition) is 2. The summed E-state index contributed by atoms with van der Waals surface area (Å²) in [6.07, 6.45) is 2.78. The van der Waals surface area contributed by atoms with E-state index in [1.165, 1.54) is 10.9 Å². The van der Waals surface area contributed by atoms with E-state index in [1.54, 1.807) is 24.3 Å². The molecule has 0 radical (unpaired) electrons. The molecule has 0 saturated carbocycles. The maximum Gasteiger partial charge on any atom is 0.241 e. The van der Waals surface area contributed by atoms with Crippen molar-refractivity contribution in [2.24, 2.45) is 0 Å². The Morgan fingerprint density at radius 3 is 2.57 bits per heavy atom. The fraction of sp³-hybridized carbons (Fsp3) is 0.222. The van der Waals surface area contributed by atoms with E-state index in [4.69, 9.17) is 0 Å². The minimum Gasteiger partial charge on any atom is -0.357 e. The average molecular weight is 326 g/mol. The molecule has 23 heavy (non-hydrogen) atoms. The highest BCUT2D eigenvalue weighted by Gasteiger charge is 2.28. The molecule has 0 bridgehead atoms. The number of benzene rings is 2. The smallest absolute Gasteiger partial charge is 0.241 e. The van der Waals surface area contributed by atoms with E-state index in [9.17, 15) is 8.42 Å². The van der Waals surface area contributed by atoms with Gasteiger partial charge >= 0.3 is 0 Å². The molecule has 1 aliphatic rings. The monoisotopic (exact) mass is 326 g/mol. The second-order valence-corrected chi connectivity index (χ2v) is 7.66. The van der Waals surface area contributed by atoms with Gasteiger partial charge in [-0.05, 0) is 43.0 Å². The van der Waals surface area contributed by atoms with Gasteiger partial charge in [0.2, 0.25) is 10.0 Å². The van der Waals surface area contributed by atoms with Crippen LogP contribution < -0.4 is 4.72 Å². The molecule has 2 N–H and O–H groups in total. The Balaban J connectivity index is 1.73. The number of aromatic nitrogens is 1. The summed E-state index contributed by atoms with van der Waals surface area (Å²) in [4.78, 5) is 3.72. The number of aryl methyl sites for hydroxylation is 1. The fourth-order valence-electron chi connectivity index (χ4n) is 3.39. The first-order valence-electron chi connectivity index (χ1n) is 7.82. The molecule has 1 unspecified atom stereocenters. The summed E-state index contributed by atoms with van der Waals surface area (Å²) >= 11 is 0. The molecule has 118 valence electrons. The van der Waals surface area contributed by atoms with Crippen LogP contribution in [0.2, 0.25) is 0 Å². The van der Waals surface area contributed by atoms with Crippen molar-refractivity contribution in [3.05, 3.63) is 65.9 Å². The van der Waals surface area contributed by atoms with Crippen molar-refractivity contribution in [1.29, 1.82) is 0 Å². The van der Waals surface area contributed by atoms with Crippen LogP contribution in [0.4, 0.5) is 0 Å². The normalized spacial score (nSPS) is 18.0. The quantitative estimate of drug-likeness (QED) is 0.773. The van der Waals surface area contributed by atoms with Crippen molar-refractivity contribution in [1.82, 2.24) is 9.71 Å². The zero-order valence-corrected chi connectivity index (χ0v) is 13.4. The van der Waals surface area contributed by atoms with Crippen LogP contribution in [0.1, 0.15) is 30.1 Å². The molecule has 2 aromatic carbocycles. The van der Waals surface area contributed by atoms with E-state index in [0.29, 0.717) is 4.90 Å². The van der Waals surface area contributed by atoms with Crippen LogP contribution in [0.15, 0.2) is 59.5 Å². The highest BCUT2D eigenvalue weighted by atomic mass is 32.2. The molecule has 1 aliphatic carbocycles. The van der Waals surface area contributed by atoms with E-state index >= 15 is 0 Å². The zero-order valence-electron chi connectivity index (χ0n) is 12.6. The molecule has 3 aromatic rings. The van der Waals surface area contributed by atoms with Gasteiger partial charge in [-0.15, -0.1) is 0 Å². The Hall–Kier alpha value is -2.11. The molecule has 1 aromatic heterocycles. The van der Waals surface area contributed by atoms with Crippen LogP contribution in [-0.2, 0) is 16.4 Å². The van der Waals surface area contributed by atoms with Gasteiger partial charge in [0.15, 0.2) is 0 Å². The number of sulfonamides is 1. The van der Waals surface area contributed by atoms with Crippen molar-refractivity contribution < 1.29 is 8.42 Å². The summed E-state index contributed by atoms with van der Waals surface area (Å²) in [5.74, 6) is 0.